The average molecular weight is 252 g/mol. The minimum absolute atomic E-state index is 0.497. The zero-order chi connectivity index (χ0) is 12.3. The van der Waals surface area contributed by atoms with E-state index in [1.54, 1.807) is 0 Å². The van der Waals surface area contributed by atoms with E-state index in [9.17, 15) is 0 Å². The highest BCUT2D eigenvalue weighted by molar-refractivity contribution is 6.30. The van der Waals surface area contributed by atoms with Crippen LogP contribution in [0.15, 0.2) is 24.3 Å². The van der Waals surface area contributed by atoms with Gasteiger partial charge >= 0.3 is 0 Å². The van der Waals surface area contributed by atoms with Gasteiger partial charge in [0, 0.05) is 5.02 Å². The van der Waals surface area contributed by atoms with Gasteiger partial charge in [0.15, 0.2) is 0 Å². The van der Waals surface area contributed by atoms with Crippen LogP contribution in [0.25, 0.3) is 0 Å². The summed E-state index contributed by atoms with van der Waals surface area (Å²) in [7, 11) is 4.29. The summed E-state index contributed by atoms with van der Waals surface area (Å²) >= 11 is 5.94. The standard InChI is InChI=1S/C15H22ClN/c1-17(2)12-4-3-9-15(10-11-15)13-5-7-14(16)8-6-13/h5-8H,3-4,9-12H2,1-2H3. The van der Waals surface area contributed by atoms with Crippen molar-refractivity contribution in [2.45, 2.75) is 37.5 Å². The first-order chi connectivity index (χ1) is 8.12. The highest BCUT2D eigenvalue weighted by Gasteiger charge is 2.43. The topological polar surface area (TPSA) is 3.24 Å². The predicted molar refractivity (Wildman–Crippen MR) is 74.8 cm³/mol. The lowest BCUT2D eigenvalue weighted by Crippen LogP contribution is -2.14. The highest BCUT2D eigenvalue weighted by Crippen LogP contribution is 2.52. The van der Waals surface area contributed by atoms with E-state index in [-0.39, 0.29) is 0 Å². The van der Waals surface area contributed by atoms with Crippen LogP contribution in [0.2, 0.25) is 5.02 Å². The van der Waals surface area contributed by atoms with E-state index in [2.05, 4.69) is 31.1 Å². The van der Waals surface area contributed by atoms with E-state index in [4.69, 9.17) is 11.6 Å². The lowest BCUT2D eigenvalue weighted by Gasteiger charge is -2.16. The van der Waals surface area contributed by atoms with E-state index < -0.39 is 0 Å². The number of halogens is 1. The number of hydrogen-bond acceptors (Lipinski definition) is 1. The Morgan fingerprint density at radius 2 is 1.76 bits per heavy atom. The van der Waals surface area contributed by atoms with Crippen LogP contribution in [-0.4, -0.2) is 25.5 Å². The summed E-state index contributed by atoms with van der Waals surface area (Å²) in [4.78, 5) is 2.27. The van der Waals surface area contributed by atoms with E-state index >= 15 is 0 Å². The first-order valence-electron chi connectivity index (χ1n) is 6.53. The van der Waals surface area contributed by atoms with E-state index in [0.29, 0.717) is 5.41 Å². The molecule has 0 atom stereocenters. The highest BCUT2D eigenvalue weighted by atomic mass is 35.5. The molecule has 1 aliphatic carbocycles. The second kappa shape index (κ2) is 5.41. The quantitative estimate of drug-likeness (QED) is 0.688. The first kappa shape index (κ1) is 12.9. The zero-order valence-corrected chi connectivity index (χ0v) is 11.6. The molecule has 0 bridgehead atoms. The predicted octanol–water partition coefficient (Wildman–Crippen LogP) is 4.10. The largest absolute Gasteiger partial charge is 0.309 e. The molecule has 1 aliphatic rings. The summed E-state index contributed by atoms with van der Waals surface area (Å²) in [5.41, 5.74) is 1.99. The number of hydrogen-bond donors (Lipinski definition) is 0. The lowest BCUT2D eigenvalue weighted by atomic mass is 9.90. The van der Waals surface area contributed by atoms with Gasteiger partial charge in [-0.2, -0.15) is 0 Å². The molecule has 2 rings (SSSR count). The van der Waals surface area contributed by atoms with E-state index in [1.165, 1.54) is 44.2 Å². The van der Waals surface area contributed by atoms with Gasteiger partial charge in [-0.15, -0.1) is 0 Å². The van der Waals surface area contributed by atoms with Gasteiger partial charge in [-0.05, 0) is 69.4 Å². The third kappa shape index (κ3) is 3.46. The molecule has 17 heavy (non-hydrogen) atoms. The normalized spacial score (nSPS) is 17.4. The van der Waals surface area contributed by atoms with Crippen molar-refractivity contribution in [3.05, 3.63) is 34.9 Å². The molecule has 0 N–H and O–H groups in total. The van der Waals surface area contributed by atoms with Crippen molar-refractivity contribution in [2.24, 2.45) is 0 Å². The average Bonchev–Trinajstić information content (AvgIpc) is 3.06. The van der Waals surface area contributed by atoms with Crippen LogP contribution in [0, 0.1) is 0 Å². The maximum absolute atomic E-state index is 5.94. The van der Waals surface area contributed by atoms with Crippen LogP contribution < -0.4 is 0 Å². The molecule has 94 valence electrons. The molecule has 0 unspecified atom stereocenters. The van der Waals surface area contributed by atoms with Crippen LogP contribution in [0.4, 0.5) is 0 Å². The van der Waals surface area contributed by atoms with E-state index in [1.807, 2.05) is 12.1 Å². The molecule has 1 fully saturated rings. The van der Waals surface area contributed by atoms with E-state index in [0.717, 1.165) is 5.02 Å². The molecular formula is C15H22ClN. The molecule has 1 aromatic carbocycles. The monoisotopic (exact) mass is 251 g/mol. The minimum Gasteiger partial charge on any atom is -0.309 e. The molecule has 0 aliphatic heterocycles. The Morgan fingerprint density at radius 3 is 2.29 bits per heavy atom. The van der Waals surface area contributed by atoms with Crippen LogP contribution >= 0.6 is 11.6 Å². The number of nitrogens with zero attached hydrogens (tertiary/aromatic N) is 1. The maximum atomic E-state index is 5.94. The summed E-state index contributed by atoms with van der Waals surface area (Å²) in [6.45, 7) is 1.21. The van der Waals surface area contributed by atoms with Gasteiger partial charge in [-0.1, -0.05) is 30.2 Å². The van der Waals surface area contributed by atoms with Gasteiger partial charge in [0.1, 0.15) is 0 Å². The van der Waals surface area contributed by atoms with Gasteiger partial charge < -0.3 is 4.90 Å². The molecule has 1 nitrogen and oxygen atoms in total. The molecule has 1 saturated carbocycles. The van der Waals surface area contributed by atoms with Gasteiger partial charge in [-0.3, -0.25) is 0 Å². The van der Waals surface area contributed by atoms with Crippen LogP contribution in [0.1, 0.15) is 37.7 Å². The third-order valence-corrected chi connectivity index (χ3v) is 4.07. The Kier molecular flexibility index (Phi) is 4.11. The summed E-state index contributed by atoms with van der Waals surface area (Å²) < 4.78 is 0. The zero-order valence-electron chi connectivity index (χ0n) is 10.9. The van der Waals surface area contributed by atoms with Crippen molar-refractivity contribution in [3.63, 3.8) is 0 Å². The SMILES string of the molecule is CN(C)CCCCC1(c2ccc(Cl)cc2)CC1. The molecule has 0 radical (unpaired) electrons. The van der Waals surface area contributed by atoms with Crippen molar-refractivity contribution in [1.29, 1.82) is 0 Å². The number of benzene rings is 1. The fraction of sp³-hybridized carbons (Fsp3) is 0.600. The van der Waals surface area contributed by atoms with Crippen molar-refractivity contribution in [1.82, 2.24) is 4.90 Å². The number of unbranched alkanes of at least 4 members (excludes halogenated alkanes) is 1. The molecule has 0 amide bonds. The van der Waals surface area contributed by atoms with Crippen molar-refractivity contribution < 1.29 is 0 Å². The second-order valence-electron chi connectivity index (χ2n) is 5.55. The van der Waals surface area contributed by atoms with Crippen LogP contribution in [0.5, 0.6) is 0 Å². The minimum atomic E-state index is 0.497. The summed E-state index contributed by atoms with van der Waals surface area (Å²) in [6.07, 6.45) is 6.69. The Hall–Kier alpha value is -0.530. The summed E-state index contributed by atoms with van der Waals surface area (Å²) in [5, 5.41) is 0.845. The molecule has 0 spiro atoms. The van der Waals surface area contributed by atoms with Gasteiger partial charge in [0.2, 0.25) is 0 Å². The first-order valence-corrected chi connectivity index (χ1v) is 6.91. The fourth-order valence-corrected chi connectivity index (χ4v) is 2.65. The molecule has 0 aromatic heterocycles. The molecule has 2 heteroatoms. The Balaban J connectivity index is 1.85. The fourth-order valence-electron chi connectivity index (χ4n) is 2.53. The Bertz CT molecular complexity index is 352. The molecule has 1 aromatic rings. The van der Waals surface area contributed by atoms with Gasteiger partial charge in [0.05, 0.1) is 0 Å². The molecular weight excluding hydrogens is 230 g/mol. The smallest absolute Gasteiger partial charge is 0.0406 e. The van der Waals surface area contributed by atoms with Crippen molar-refractivity contribution in [2.75, 3.05) is 20.6 Å². The Morgan fingerprint density at radius 1 is 1.12 bits per heavy atom. The summed E-state index contributed by atoms with van der Waals surface area (Å²) in [6, 6.07) is 8.47. The maximum Gasteiger partial charge on any atom is 0.0406 e. The third-order valence-electron chi connectivity index (χ3n) is 3.82. The molecule has 0 heterocycles. The number of rotatable bonds is 6. The molecule has 0 saturated heterocycles. The second-order valence-corrected chi connectivity index (χ2v) is 5.98. The van der Waals surface area contributed by atoms with Gasteiger partial charge in [-0.25, -0.2) is 0 Å². The van der Waals surface area contributed by atoms with Crippen molar-refractivity contribution in [3.8, 4) is 0 Å². The van der Waals surface area contributed by atoms with Crippen molar-refractivity contribution >= 4 is 11.6 Å². The van der Waals surface area contributed by atoms with Crippen LogP contribution in [-0.2, 0) is 5.41 Å². The van der Waals surface area contributed by atoms with Gasteiger partial charge in [0.25, 0.3) is 0 Å². The van der Waals surface area contributed by atoms with Crippen LogP contribution in [0.3, 0.4) is 0 Å². The summed E-state index contributed by atoms with van der Waals surface area (Å²) in [5.74, 6) is 0. The lowest BCUT2D eigenvalue weighted by molar-refractivity contribution is 0.385. The Labute approximate surface area is 110 Å².